The highest BCUT2D eigenvalue weighted by atomic mass is 16.3. The van der Waals surface area contributed by atoms with Gasteiger partial charge in [-0.25, -0.2) is 4.79 Å². The van der Waals surface area contributed by atoms with E-state index >= 15 is 0 Å². The van der Waals surface area contributed by atoms with Crippen molar-refractivity contribution in [1.29, 1.82) is 0 Å². The number of nitrogens with zero attached hydrogens (tertiary/aromatic N) is 2. The average Bonchev–Trinajstić information content (AvgIpc) is 3.24. The van der Waals surface area contributed by atoms with Crippen molar-refractivity contribution in [2.24, 2.45) is 0 Å². The van der Waals surface area contributed by atoms with Crippen molar-refractivity contribution in [1.82, 2.24) is 14.5 Å². The van der Waals surface area contributed by atoms with Gasteiger partial charge < -0.3 is 10.4 Å². The molecule has 0 radical (unpaired) electrons. The molecule has 1 aromatic carbocycles. The molecular formula is C15H17N3O2. The SMILES string of the molecule is O=c1n2c(c(O)n1[C@H]1C[C@@H]1c1ccccc1)CNCC2. The maximum atomic E-state index is 12.4. The fourth-order valence-electron chi connectivity index (χ4n) is 3.22. The first-order valence-electron chi connectivity index (χ1n) is 7.06. The molecular weight excluding hydrogens is 254 g/mol. The smallest absolute Gasteiger partial charge is 0.331 e. The molecule has 0 unspecified atom stereocenters. The second-order valence-electron chi connectivity index (χ2n) is 5.57. The number of rotatable bonds is 2. The molecule has 1 fully saturated rings. The zero-order chi connectivity index (χ0) is 13.7. The third kappa shape index (κ3) is 1.63. The highest BCUT2D eigenvalue weighted by Crippen LogP contribution is 2.52. The first-order valence-corrected chi connectivity index (χ1v) is 7.06. The standard InChI is InChI=1S/C15H17N3O2/c19-14-13-9-16-6-7-17(13)15(20)18(14)12-8-11(12)10-4-2-1-3-5-10/h1-5,11-12,16,19H,6-9H2/t11-,12+/m1/s1. The highest BCUT2D eigenvalue weighted by molar-refractivity contribution is 5.31. The lowest BCUT2D eigenvalue weighted by atomic mass is 10.1. The molecule has 20 heavy (non-hydrogen) atoms. The minimum absolute atomic E-state index is 0.0672. The van der Waals surface area contributed by atoms with Gasteiger partial charge in [0.2, 0.25) is 5.88 Å². The van der Waals surface area contributed by atoms with Gasteiger partial charge in [0.1, 0.15) is 0 Å². The molecule has 2 aliphatic rings. The summed E-state index contributed by atoms with van der Waals surface area (Å²) in [6.45, 7) is 1.98. The number of benzene rings is 1. The van der Waals surface area contributed by atoms with Crippen molar-refractivity contribution >= 4 is 0 Å². The predicted molar refractivity (Wildman–Crippen MR) is 74.9 cm³/mol. The molecule has 5 nitrogen and oxygen atoms in total. The Bertz CT molecular complexity index is 702. The first kappa shape index (κ1) is 11.8. The molecule has 2 atom stereocenters. The quantitative estimate of drug-likeness (QED) is 0.862. The van der Waals surface area contributed by atoms with Crippen molar-refractivity contribution in [3.8, 4) is 5.88 Å². The molecule has 1 aliphatic carbocycles. The summed E-state index contributed by atoms with van der Waals surface area (Å²) >= 11 is 0. The van der Waals surface area contributed by atoms with Crippen molar-refractivity contribution < 1.29 is 5.11 Å². The summed E-state index contributed by atoms with van der Waals surface area (Å²) in [5, 5.41) is 13.5. The molecule has 1 aromatic heterocycles. The maximum absolute atomic E-state index is 12.4. The molecule has 0 bridgehead atoms. The maximum Gasteiger partial charge on any atom is 0.331 e. The minimum Gasteiger partial charge on any atom is -0.493 e. The van der Waals surface area contributed by atoms with Gasteiger partial charge in [-0.15, -0.1) is 0 Å². The Morgan fingerprint density at radius 2 is 2.05 bits per heavy atom. The number of aromatic hydroxyl groups is 1. The summed E-state index contributed by atoms with van der Waals surface area (Å²) in [5.41, 5.74) is 1.90. The normalized spacial score (nSPS) is 24.4. The van der Waals surface area contributed by atoms with Gasteiger partial charge in [0.15, 0.2) is 0 Å². The predicted octanol–water partition coefficient (Wildman–Crippen LogP) is 1.19. The number of hydrogen-bond acceptors (Lipinski definition) is 3. The van der Waals surface area contributed by atoms with E-state index in [4.69, 9.17) is 0 Å². The Morgan fingerprint density at radius 3 is 2.80 bits per heavy atom. The van der Waals surface area contributed by atoms with Crippen LogP contribution in [0.4, 0.5) is 0 Å². The molecule has 0 amide bonds. The Morgan fingerprint density at radius 1 is 1.25 bits per heavy atom. The third-order valence-corrected chi connectivity index (χ3v) is 4.37. The van der Waals surface area contributed by atoms with Crippen molar-refractivity contribution in [2.75, 3.05) is 6.54 Å². The zero-order valence-electron chi connectivity index (χ0n) is 11.1. The zero-order valence-corrected chi connectivity index (χ0v) is 11.1. The lowest BCUT2D eigenvalue weighted by molar-refractivity contribution is 0.403. The molecule has 5 heteroatoms. The van der Waals surface area contributed by atoms with E-state index in [0.717, 1.165) is 18.7 Å². The summed E-state index contributed by atoms with van der Waals surface area (Å²) in [6.07, 6.45) is 0.925. The number of hydrogen-bond donors (Lipinski definition) is 2. The molecule has 1 aliphatic heterocycles. The Labute approximate surface area is 116 Å². The Balaban J connectivity index is 1.71. The number of imidazole rings is 1. The lowest BCUT2D eigenvalue weighted by Crippen LogP contribution is -2.34. The van der Waals surface area contributed by atoms with Gasteiger partial charge >= 0.3 is 5.69 Å². The van der Waals surface area contributed by atoms with E-state index in [2.05, 4.69) is 17.4 Å². The van der Waals surface area contributed by atoms with E-state index in [1.807, 2.05) is 18.2 Å². The molecule has 0 saturated heterocycles. The van der Waals surface area contributed by atoms with E-state index in [0.29, 0.717) is 19.0 Å². The molecule has 4 rings (SSSR count). The molecule has 0 spiro atoms. The van der Waals surface area contributed by atoms with Gasteiger partial charge in [-0.05, 0) is 12.0 Å². The summed E-state index contributed by atoms with van der Waals surface area (Å²) in [6, 6.07) is 10.3. The molecule has 2 heterocycles. The van der Waals surface area contributed by atoms with E-state index in [-0.39, 0.29) is 17.6 Å². The molecule has 1 saturated carbocycles. The Hall–Kier alpha value is -2.01. The van der Waals surface area contributed by atoms with Gasteiger partial charge in [-0.3, -0.25) is 9.13 Å². The van der Waals surface area contributed by atoms with Gasteiger partial charge in [-0.2, -0.15) is 0 Å². The third-order valence-electron chi connectivity index (χ3n) is 4.37. The fraction of sp³-hybridized carbons (Fsp3) is 0.400. The largest absolute Gasteiger partial charge is 0.493 e. The topological polar surface area (TPSA) is 59.2 Å². The lowest BCUT2D eigenvalue weighted by Gasteiger charge is -2.13. The van der Waals surface area contributed by atoms with Crippen LogP contribution < -0.4 is 11.0 Å². The monoisotopic (exact) mass is 271 g/mol. The number of aromatic nitrogens is 2. The number of nitrogens with one attached hydrogen (secondary N) is 1. The second-order valence-corrected chi connectivity index (χ2v) is 5.57. The van der Waals surface area contributed by atoms with Crippen molar-refractivity contribution in [2.45, 2.75) is 31.5 Å². The van der Waals surface area contributed by atoms with Crippen molar-refractivity contribution in [3.05, 3.63) is 52.1 Å². The second kappa shape index (κ2) is 4.24. The molecule has 2 N–H and O–H groups in total. The van der Waals surface area contributed by atoms with Crippen LogP contribution in [0.15, 0.2) is 35.1 Å². The van der Waals surface area contributed by atoms with Crippen LogP contribution in [0.1, 0.15) is 29.6 Å². The van der Waals surface area contributed by atoms with Crippen LogP contribution in [0.2, 0.25) is 0 Å². The minimum atomic E-state index is -0.0672. The van der Waals surface area contributed by atoms with Crippen LogP contribution in [-0.4, -0.2) is 20.8 Å². The molecule has 104 valence electrons. The van der Waals surface area contributed by atoms with E-state index < -0.39 is 0 Å². The van der Waals surface area contributed by atoms with Gasteiger partial charge in [0.05, 0.1) is 5.69 Å². The van der Waals surface area contributed by atoms with Crippen LogP contribution in [0.5, 0.6) is 5.88 Å². The number of fused-ring (bicyclic) bond motifs is 1. The van der Waals surface area contributed by atoms with Crippen LogP contribution >= 0.6 is 0 Å². The van der Waals surface area contributed by atoms with E-state index in [9.17, 15) is 9.90 Å². The summed E-state index contributed by atoms with van der Waals surface area (Å²) in [5.74, 6) is 0.489. The van der Waals surface area contributed by atoms with Crippen LogP contribution in [0.25, 0.3) is 0 Å². The Kier molecular flexibility index (Phi) is 2.50. The summed E-state index contributed by atoms with van der Waals surface area (Å²) in [7, 11) is 0. The van der Waals surface area contributed by atoms with Crippen LogP contribution in [0, 0.1) is 0 Å². The van der Waals surface area contributed by atoms with E-state index in [1.165, 1.54) is 5.56 Å². The van der Waals surface area contributed by atoms with E-state index in [1.54, 1.807) is 9.13 Å². The van der Waals surface area contributed by atoms with Gasteiger partial charge in [-0.1, -0.05) is 30.3 Å². The summed E-state index contributed by atoms with van der Waals surface area (Å²) < 4.78 is 3.28. The van der Waals surface area contributed by atoms with Crippen LogP contribution in [0.3, 0.4) is 0 Å². The summed E-state index contributed by atoms with van der Waals surface area (Å²) in [4.78, 5) is 12.4. The van der Waals surface area contributed by atoms with Gasteiger partial charge in [0, 0.05) is 31.6 Å². The fourth-order valence-corrected chi connectivity index (χ4v) is 3.22. The first-order chi connectivity index (χ1) is 9.77. The highest BCUT2D eigenvalue weighted by Gasteiger charge is 2.43. The van der Waals surface area contributed by atoms with Crippen molar-refractivity contribution in [3.63, 3.8) is 0 Å². The van der Waals surface area contributed by atoms with Crippen LogP contribution in [-0.2, 0) is 13.1 Å². The van der Waals surface area contributed by atoms with Gasteiger partial charge in [0.25, 0.3) is 0 Å². The average molecular weight is 271 g/mol. The molecule has 2 aromatic rings.